The van der Waals surface area contributed by atoms with Crippen molar-refractivity contribution in [2.75, 3.05) is 0 Å². The third-order valence-corrected chi connectivity index (χ3v) is 3.86. The number of aryl methyl sites for hydroxylation is 2. The van der Waals surface area contributed by atoms with Gasteiger partial charge in [0.1, 0.15) is 11.6 Å². The van der Waals surface area contributed by atoms with Crippen LogP contribution < -0.4 is 0 Å². The van der Waals surface area contributed by atoms with Crippen molar-refractivity contribution in [2.24, 2.45) is 0 Å². The Bertz CT molecular complexity index is 771. The van der Waals surface area contributed by atoms with Crippen LogP contribution >= 0.6 is 23.2 Å². The molecule has 0 spiro atoms. The fourth-order valence-corrected chi connectivity index (χ4v) is 2.67. The van der Waals surface area contributed by atoms with Crippen molar-refractivity contribution in [3.8, 4) is 0 Å². The summed E-state index contributed by atoms with van der Waals surface area (Å²) in [6.07, 6.45) is 4.32. The largest absolute Gasteiger partial charge is 0.327 e. The van der Waals surface area contributed by atoms with Crippen molar-refractivity contribution < 1.29 is 4.39 Å². The molecule has 0 aliphatic carbocycles. The van der Waals surface area contributed by atoms with Gasteiger partial charge in [0, 0.05) is 25.0 Å². The number of imidazole rings is 1. The van der Waals surface area contributed by atoms with E-state index in [-0.39, 0.29) is 10.9 Å². The zero-order valence-corrected chi connectivity index (χ0v) is 12.6. The first-order valence-electron chi connectivity index (χ1n) is 6.48. The van der Waals surface area contributed by atoms with Crippen molar-refractivity contribution in [3.05, 3.63) is 58.9 Å². The fourth-order valence-electron chi connectivity index (χ4n) is 2.31. The molecular weight excluding hydrogens is 312 g/mol. The van der Waals surface area contributed by atoms with Crippen LogP contribution in [0.25, 0.3) is 11.0 Å². The normalized spacial score (nSPS) is 11.2. The number of halogens is 3. The highest BCUT2D eigenvalue weighted by Gasteiger charge is 2.13. The number of alkyl halides is 1. The lowest BCUT2D eigenvalue weighted by Crippen LogP contribution is -2.05. The van der Waals surface area contributed by atoms with Gasteiger partial charge in [-0.3, -0.25) is 4.98 Å². The van der Waals surface area contributed by atoms with Gasteiger partial charge >= 0.3 is 0 Å². The summed E-state index contributed by atoms with van der Waals surface area (Å²) in [6.45, 7) is 0.658. The lowest BCUT2D eigenvalue weighted by Gasteiger charge is -2.08. The van der Waals surface area contributed by atoms with Crippen molar-refractivity contribution in [3.63, 3.8) is 0 Å². The molecular formula is C15H12Cl2FN3. The maximum atomic E-state index is 13.7. The van der Waals surface area contributed by atoms with Gasteiger partial charge in [0.05, 0.1) is 21.9 Å². The van der Waals surface area contributed by atoms with E-state index < -0.39 is 5.82 Å². The Morgan fingerprint density at radius 3 is 2.86 bits per heavy atom. The molecule has 3 nitrogen and oxygen atoms in total. The second kappa shape index (κ2) is 6.00. The first-order valence-corrected chi connectivity index (χ1v) is 7.39. The summed E-state index contributed by atoms with van der Waals surface area (Å²) >= 11 is 11.7. The van der Waals surface area contributed by atoms with E-state index in [0.29, 0.717) is 23.4 Å². The Balaban J connectivity index is 1.98. The van der Waals surface area contributed by atoms with Crippen LogP contribution in [0.15, 0.2) is 36.7 Å². The van der Waals surface area contributed by atoms with Gasteiger partial charge in [-0.05, 0) is 24.1 Å². The average molecular weight is 324 g/mol. The highest BCUT2D eigenvalue weighted by atomic mass is 35.5. The minimum atomic E-state index is -0.451. The van der Waals surface area contributed by atoms with Crippen LogP contribution in [0.1, 0.15) is 11.4 Å². The number of fused-ring (bicyclic) bond motifs is 1. The third-order valence-electron chi connectivity index (χ3n) is 3.34. The van der Waals surface area contributed by atoms with E-state index in [2.05, 4.69) is 9.97 Å². The molecule has 2 aromatic heterocycles. The van der Waals surface area contributed by atoms with Gasteiger partial charge in [0.15, 0.2) is 0 Å². The SMILES string of the molecule is Fc1cc2c(cc1Cl)nc(CCl)n2CCc1cccnc1. The van der Waals surface area contributed by atoms with E-state index in [1.54, 1.807) is 6.20 Å². The summed E-state index contributed by atoms with van der Waals surface area (Å²) in [7, 11) is 0. The van der Waals surface area contributed by atoms with E-state index in [9.17, 15) is 4.39 Å². The molecule has 0 amide bonds. The molecule has 0 aliphatic heterocycles. The van der Waals surface area contributed by atoms with Gasteiger partial charge in [0.2, 0.25) is 0 Å². The third kappa shape index (κ3) is 2.87. The molecule has 6 heteroatoms. The molecule has 2 heterocycles. The van der Waals surface area contributed by atoms with Gasteiger partial charge < -0.3 is 4.57 Å². The summed E-state index contributed by atoms with van der Waals surface area (Å²) in [5.74, 6) is 0.520. The second-order valence-electron chi connectivity index (χ2n) is 4.68. The lowest BCUT2D eigenvalue weighted by molar-refractivity contribution is 0.627. The second-order valence-corrected chi connectivity index (χ2v) is 5.35. The number of hydrogen-bond acceptors (Lipinski definition) is 2. The monoisotopic (exact) mass is 323 g/mol. The zero-order chi connectivity index (χ0) is 14.8. The number of benzene rings is 1. The summed E-state index contributed by atoms with van der Waals surface area (Å²) < 4.78 is 15.6. The van der Waals surface area contributed by atoms with Gasteiger partial charge in [-0.2, -0.15) is 0 Å². The molecule has 0 fully saturated rings. The van der Waals surface area contributed by atoms with Crippen LogP contribution in [0.3, 0.4) is 0 Å². The molecule has 0 radical (unpaired) electrons. The van der Waals surface area contributed by atoms with E-state index in [0.717, 1.165) is 12.0 Å². The number of rotatable bonds is 4. The van der Waals surface area contributed by atoms with Crippen LogP contribution in [0.4, 0.5) is 4.39 Å². The number of hydrogen-bond donors (Lipinski definition) is 0. The minimum Gasteiger partial charge on any atom is -0.327 e. The van der Waals surface area contributed by atoms with Gasteiger partial charge in [0.25, 0.3) is 0 Å². The summed E-state index contributed by atoms with van der Waals surface area (Å²) in [6, 6.07) is 6.83. The Hall–Kier alpha value is -1.65. The molecule has 0 saturated heterocycles. The van der Waals surface area contributed by atoms with Crippen molar-refractivity contribution in [2.45, 2.75) is 18.8 Å². The Kier molecular flexibility index (Phi) is 4.08. The van der Waals surface area contributed by atoms with E-state index >= 15 is 0 Å². The van der Waals surface area contributed by atoms with Crippen molar-refractivity contribution in [1.29, 1.82) is 0 Å². The van der Waals surface area contributed by atoms with E-state index in [1.165, 1.54) is 12.1 Å². The highest BCUT2D eigenvalue weighted by molar-refractivity contribution is 6.31. The smallest absolute Gasteiger partial charge is 0.144 e. The molecule has 0 N–H and O–H groups in total. The molecule has 0 atom stereocenters. The van der Waals surface area contributed by atoms with E-state index in [4.69, 9.17) is 23.2 Å². The number of nitrogens with zero attached hydrogens (tertiary/aromatic N) is 3. The van der Waals surface area contributed by atoms with Crippen LogP contribution in [0.5, 0.6) is 0 Å². The predicted octanol–water partition coefficient (Wildman–Crippen LogP) is 4.21. The topological polar surface area (TPSA) is 30.7 Å². The molecule has 1 aromatic carbocycles. The quantitative estimate of drug-likeness (QED) is 0.673. The zero-order valence-electron chi connectivity index (χ0n) is 11.1. The Labute approximate surface area is 131 Å². The summed E-state index contributed by atoms with van der Waals surface area (Å²) in [5, 5.41) is 0.0699. The van der Waals surface area contributed by atoms with Crippen LogP contribution in [-0.2, 0) is 18.8 Å². The molecule has 3 aromatic rings. The Morgan fingerprint density at radius 2 is 2.14 bits per heavy atom. The number of aromatic nitrogens is 3. The van der Waals surface area contributed by atoms with Crippen molar-refractivity contribution >= 4 is 34.2 Å². The molecule has 21 heavy (non-hydrogen) atoms. The van der Waals surface area contributed by atoms with Crippen LogP contribution in [0, 0.1) is 5.82 Å². The molecule has 3 rings (SSSR count). The maximum absolute atomic E-state index is 13.7. The Morgan fingerprint density at radius 1 is 1.29 bits per heavy atom. The van der Waals surface area contributed by atoms with Crippen LogP contribution in [0.2, 0.25) is 5.02 Å². The highest BCUT2D eigenvalue weighted by Crippen LogP contribution is 2.24. The first kappa shape index (κ1) is 14.3. The molecule has 0 unspecified atom stereocenters. The molecule has 108 valence electrons. The predicted molar refractivity (Wildman–Crippen MR) is 82.2 cm³/mol. The number of pyridine rings is 1. The maximum Gasteiger partial charge on any atom is 0.144 e. The summed E-state index contributed by atoms with van der Waals surface area (Å²) in [5.41, 5.74) is 2.47. The van der Waals surface area contributed by atoms with Crippen molar-refractivity contribution in [1.82, 2.24) is 14.5 Å². The fraction of sp³-hybridized carbons (Fsp3) is 0.200. The molecule has 0 saturated carbocycles. The summed E-state index contributed by atoms with van der Waals surface area (Å²) in [4.78, 5) is 8.50. The van der Waals surface area contributed by atoms with Gasteiger partial charge in [-0.1, -0.05) is 17.7 Å². The van der Waals surface area contributed by atoms with Crippen LogP contribution in [-0.4, -0.2) is 14.5 Å². The standard InChI is InChI=1S/C15H12Cl2FN3/c16-8-15-20-13-6-11(17)12(18)7-14(13)21(15)5-3-10-2-1-4-19-9-10/h1-2,4,6-7,9H,3,5,8H2. The van der Waals surface area contributed by atoms with E-state index in [1.807, 2.05) is 22.9 Å². The molecule has 0 bridgehead atoms. The lowest BCUT2D eigenvalue weighted by atomic mass is 10.2. The average Bonchev–Trinajstić information content (AvgIpc) is 2.83. The van der Waals surface area contributed by atoms with Gasteiger partial charge in [-0.25, -0.2) is 9.37 Å². The van der Waals surface area contributed by atoms with Gasteiger partial charge in [-0.15, -0.1) is 11.6 Å². The first-order chi connectivity index (χ1) is 10.2. The minimum absolute atomic E-state index is 0.0699. The molecule has 0 aliphatic rings.